The SMILES string of the molecule is COc1ccc(C2=[N+]([O-])C(C)(C(C)C)N(C)C2=O)cc1. The third-order valence-electron chi connectivity index (χ3n) is 4.26. The number of nitrogens with zero attached hydrogens (tertiary/aromatic N) is 2. The monoisotopic (exact) mass is 276 g/mol. The molecular weight excluding hydrogens is 256 g/mol. The van der Waals surface area contributed by atoms with Gasteiger partial charge in [0.2, 0.25) is 0 Å². The maximum atomic E-state index is 12.6. The Morgan fingerprint density at radius 3 is 2.25 bits per heavy atom. The zero-order valence-electron chi connectivity index (χ0n) is 12.5. The Bertz CT molecular complexity index is 563. The van der Waals surface area contributed by atoms with Crippen LogP contribution < -0.4 is 4.74 Å². The molecule has 0 saturated heterocycles. The minimum Gasteiger partial charge on any atom is -0.621 e. The molecule has 2 rings (SSSR count). The highest BCUT2D eigenvalue weighted by Gasteiger charge is 2.54. The van der Waals surface area contributed by atoms with Gasteiger partial charge in [0.1, 0.15) is 5.75 Å². The maximum Gasteiger partial charge on any atom is 0.325 e. The number of ether oxygens (including phenoxy) is 1. The number of likely N-dealkylation sites (N-methyl/N-ethyl adjacent to an activating group) is 1. The summed E-state index contributed by atoms with van der Waals surface area (Å²) in [6, 6.07) is 6.96. The second-order valence-electron chi connectivity index (χ2n) is 5.48. The predicted octanol–water partition coefficient (Wildman–Crippen LogP) is 1.84. The summed E-state index contributed by atoms with van der Waals surface area (Å²) >= 11 is 0. The van der Waals surface area contributed by atoms with E-state index in [0.29, 0.717) is 11.3 Å². The molecule has 5 heteroatoms. The van der Waals surface area contributed by atoms with Crippen molar-refractivity contribution in [1.29, 1.82) is 0 Å². The molecule has 0 aliphatic carbocycles. The van der Waals surface area contributed by atoms with E-state index in [2.05, 4.69) is 0 Å². The first-order chi connectivity index (χ1) is 9.33. The van der Waals surface area contributed by atoms with E-state index in [-0.39, 0.29) is 17.5 Å². The topological polar surface area (TPSA) is 55.6 Å². The van der Waals surface area contributed by atoms with Gasteiger partial charge in [0.15, 0.2) is 0 Å². The van der Waals surface area contributed by atoms with Crippen molar-refractivity contribution in [2.45, 2.75) is 26.4 Å². The Kier molecular flexibility index (Phi) is 3.46. The molecule has 1 aliphatic heterocycles. The average molecular weight is 276 g/mol. The summed E-state index contributed by atoms with van der Waals surface area (Å²) in [5.74, 6) is 0.461. The van der Waals surface area contributed by atoms with Crippen molar-refractivity contribution in [2.75, 3.05) is 14.2 Å². The molecule has 108 valence electrons. The third-order valence-corrected chi connectivity index (χ3v) is 4.26. The van der Waals surface area contributed by atoms with Gasteiger partial charge in [0, 0.05) is 19.9 Å². The number of hydrogen-bond acceptors (Lipinski definition) is 3. The molecule has 0 N–H and O–H groups in total. The van der Waals surface area contributed by atoms with E-state index in [9.17, 15) is 10.0 Å². The number of methoxy groups -OCH3 is 1. The lowest BCUT2D eigenvalue weighted by atomic mass is 9.98. The third kappa shape index (κ3) is 1.85. The molecule has 1 atom stereocenters. The molecule has 1 heterocycles. The molecule has 0 fully saturated rings. The summed E-state index contributed by atoms with van der Waals surface area (Å²) in [4.78, 5) is 13.9. The van der Waals surface area contributed by atoms with E-state index in [4.69, 9.17) is 4.74 Å². The Hall–Kier alpha value is -2.04. The van der Waals surface area contributed by atoms with Crippen molar-refractivity contribution in [3.05, 3.63) is 35.0 Å². The van der Waals surface area contributed by atoms with Gasteiger partial charge in [0.25, 0.3) is 11.4 Å². The van der Waals surface area contributed by atoms with Crippen LogP contribution in [-0.4, -0.2) is 41.1 Å². The van der Waals surface area contributed by atoms with Crippen molar-refractivity contribution < 1.29 is 14.3 Å². The summed E-state index contributed by atoms with van der Waals surface area (Å²) in [5.41, 5.74) is -0.0554. The number of rotatable bonds is 3. The maximum absolute atomic E-state index is 12.6. The lowest BCUT2D eigenvalue weighted by molar-refractivity contribution is -0.570. The molecule has 1 unspecified atom stereocenters. The quantitative estimate of drug-likeness (QED) is 0.625. The largest absolute Gasteiger partial charge is 0.621 e. The summed E-state index contributed by atoms with van der Waals surface area (Å²) in [5, 5.41) is 12.6. The Labute approximate surface area is 119 Å². The highest BCUT2D eigenvalue weighted by atomic mass is 16.5. The molecule has 0 spiro atoms. The predicted molar refractivity (Wildman–Crippen MR) is 76.7 cm³/mol. The lowest BCUT2D eigenvalue weighted by Crippen LogP contribution is -2.51. The fourth-order valence-corrected chi connectivity index (χ4v) is 2.43. The van der Waals surface area contributed by atoms with Crippen LogP contribution in [0.25, 0.3) is 0 Å². The highest BCUT2D eigenvalue weighted by molar-refractivity contribution is 6.44. The smallest absolute Gasteiger partial charge is 0.325 e. The minimum absolute atomic E-state index is 0.0182. The second-order valence-corrected chi connectivity index (χ2v) is 5.48. The van der Waals surface area contributed by atoms with Gasteiger partial charge in [-0.15, -0.1) is 0 Å². The standard InChI is InChI=1S/C15H20N2O3/c1-10(2)15(3)16(4)14(18)13(17(15)19)11-6-8-12(20-5)9-7-11/h6-10H,1-5H3. The molecule has 5 nitrogen and oxygen atoms in total. The molecule has 0 aromatic heterocycles. The van der Waals surface area contributed by atoms with Crippen LogP contribution in [0.3, 0.4) is 0 Å². The number of carbonyl (C=O) groups excluding carboxylic acids is 1. The van der Waals surface area contributed by atoms with Gasteiger partial charge in [-0.2, -0.15) is 4.74 Å². The van der Waals surface area contributed by atoms with Gasteiger partial charge in [-0.3, -0.25) is 9.69 Å². The highest BCUT2D eigenvalue weighted by Crippen LogP contribution is 2.31. The summed E-state index contributed by atoms with van der Waals surface area (Å²) < 4.78 is 5.92. The van der Waals surface area contributed by atoms with Gasteiger partial charge in [-0.05, 0) is 24.3 Å². The zero-order chi connectivity index (χ0) is 15.1. The van der Waals surface area contributed by atoms with Crippen molar-refractivity contribution >= 4 is 11.6 Å². The Balaban J connectivity index is 2.53. The van der Waals surface area contributed by atoms with E-state index in [1.165, 1.54) is 4.90 Å². The molecule has 0 radical (unpaired) electrons. The molecule has 1 aliphatic rings. The fraction of sp³-hybridized carbons (Fsp3) is 0.467. The van der Waals surface area contributed by atoms with Crippen LogP contribution in [0.2, 0.25) is 0 Å². The Morgan fingerprint density at radius 1 is 1.30 bits per heavy atom. The number of carbonyl (C=O) groups is 1. The van der Waals surface area contributed by atoms with Crippen LogP contribution in [0.15, 0.2) is 24.3 Å². The van der Waals surface area contributed by atoms with Gasteiger partial charge in [-0.25, -0.2) is 0 Å². The molecular formula is C15H20N2O3. The summed E-state index contributed by atoms with van der Waals surface area (Å²) in [7, 11) is 3.25. The molecule has 0 bridgehead atoms. The van der Waals surface area contributed by atoms with E-state index < -0.39 is 5.66 Å². The zero-order valence-corrected chi connectivity index (χ0v) is 12.5. The first kappa shape index (κ1) is 14.4. The van der Waals surface area contributed by atoms with Gasteiger partial charge in [-0.1, -0.05) is 13.8 Å². The van der Waals surface area contributed by atoms with Crippen LogP contribution >= 0.6 is 0 Å². The van der Waals surface area contributed by atoms with Gasteiger partial charge in [0.05, 0.1) is 12.7 Å². The molecule has 1 aromatic carbocycles. The fourth-order valence-electron chi connectivity index (χ4n) is 2.43. The van der Waals surface area contributed by atoms with E-state index >= 15 is 0 Å². The Morgan fingerprint density at radius 2 is 1.85 bits per heavy atom. The molecule has 0 saturated carbocycles. The number of amides is 1. The summed E-state index contributed by atoms with van der Waals surface area (Å²) in [6.45, 7) is 5.66. The number of hydroxylamine groups is 1. The first-order valence-corrected chi connectivity index (χ1v) is 6.61. The van der Waals surface area contributed by atoms with Crippen molar-refractivity contribution in [2.24, 2.45) is 5.92 Å². The second kappa shape index (κ2) is 4.81. The van der Waals surface area contributed by atoms with Crippen molar-refractivity contribution in [3.63, 3.8) is 0 Å². The van der Waals surface area contributed by atoms with Crippen LogP contribution in [0.5, 0.6) is 5.75 Å². The van der Waals surface area contributed by atoms with Crippen molar-refractivity contribution in [3.8, 4) is 5.75 Å². The van der Waals surface area contributed by atoms with E-state index in [0.717, 1.165) is 4.74 Å². The van der Waals surface area contributed by atoms with Gasteiger partial charge < -0.3 is 9.94 Å². The van der Waals surface area contributed by atoms with Crippen molar-refractivity contribution in [1.82, 2.24) is 4.90 Å². The van der Waals surface area contributed by atoms with E-state index in [1.807, 2.05) is 13.8 Å². The van der Waals surface area contributed by atoms with Crippen LogP contribution in [-0.2, 0) is 4.79 Å². The minimum atomic E-state index is -0.855. The number of hydrogen-bond donors (Lipinski definition) is 0. The van der Waals surface area contributed by atoms with Crippen LogP contribution in [0.4, 0.5) is 0 Å². The summed E-state index contributed by atoms with van der Waals surface area (Å²) in [6.07, 6.45) is 0. The molecule has 1 amide bonds. The molecule has 1 aromatic rings. The lowest BCUT2D eigenvalue weighted by Gasteiger charge is -2.32. The normalized spacial score (nSPS) is 22.9. The first-order valence-electron chi connectivity index (χ1n) is 6.61. The molecule has 20 heavy (non-hydrogen) atoms. The van der Waals surface area contributed by atoms with Crippen LogP contribution in [0, 0.1) is 11.1 Å². The van der Waals surface area contributed by atoms with Crippen LogP contribution in [0.1, 0.15) is 26.3 Å². The van der Waals surface area contributed by atoms with E-state index in [1.54, 1.807) is 45.3 Å². The average Bonchev–Trinajstić information content (AvgIpc) is 2.61. The van der Waals surface area contributed by atoms with Gasteiger partial charge >= 0.3 is 5.91 Å². The number of benzene rings is 1.